The summed E-state index contributed by atoms with van der Waals surface area (Å²) < 4.78 is 6.41. The number of thiol groups is 3. The fourth-order valence-corrected chi connectivity index (χ4v) is 13.1. The quantitative estimate of drug-likeness (QED) is 0.0712. The first-order valence-electron chi connectivity index (χ1n) is 11.8. The molecule has 33 heavy (non-hydrogen) atoms. The Morgan fingerprint density at radius 1 is 0.636 bits per heavy atom. The predicted molar refractivity (Wildman–Crippen MR) is 157 cm³/mol. The molecule has 0 amide bonds. The van der Waals surface area contributed by atoms with Crippen molar-refractivity contribution >= 4 is 118 Å². The molecule has 0 fully saturated rings. The van der Waals surface area contributed by atoms with Crippen molar-refractivity contribution < 1.29 is 14.4 Å². The van der Waals surface area contributed by atoms with Gasteiger partial charge in [-0.1, -0.05) is 0 Å². The average Bonchev–Trinajstić information content (AvgIpc) is 2.71. The van der Waals surface area contributed by atoms with Gasteiger partial charge in [-0.2, -0.15) is 0 Å². The molecule has 0 bridgehead atoms. The molecule has 0 aromatic carbocycles. The Kier molecular flexibility index (Phi) is 22.9. The van der Waals surface area contributed by atoms with Crippen LogP contribution in [0.2, 0.25) is 26.8 Å². The normalized spacial score (nSPS) is 16.1. The topological polar surface area (TPSA) is 51.2 Å². The van der Waals surface area contributed by atoms with Crippen molar-refractivity contribution in [1.29, 1.82) is 0 Å². The van der Waals surface area contributed by atoms with E-state index in [4.69, 9.17) is 0 Å². The Morgan fingerprint density at radius 2 is 0.909 bits per heavy atom. The van der Waals surface area contributed by atoms with E-state index in [9.17, 15) is 14.4 Å². The number of carbonyl (C=O) groups excluding carboxylic acids is 3. The van der Waals surface area contributed by atoms with Crippen molar-refractivity contribution in [3.8, 4) is 0 Å². The van der Waals surface area contributed by atoms with Gasteiger partial charge in [0.1, 0.15) is 0 Å². The second-order valence-corrected chi connectivity index (χ2v) is 21.5. The number of carbonyl (C=O) groups is 3. The molecule has 194 valence electrons. The summed E-state index contributed by atoms with van der Waals surface area (Å²) in [4.78, 5) is 38.6. The summed E-state index contributed by atoms with van der Waals surface area (Å²) in [6, 6.07) is 0. The molecular weight excluding hydrogens is 815 g/mol. The molecule has 0 aliphatic heterocycles. The summed E-state index contributed by atoms with van der Waals surface area (Å²) in [7, 11) is 0. The second-order valence-electron chi connectivity index (χ2n) is 9.02. The van der Waals surface area contributed by atoms with E-state index in [2.05, 4.69) is 65.6 Å². The van der Waals surface area contributed by atoms with E-state index < -0.39 is 5.41 Å². The maximum absolute atomic E-state index is 12.9. The van der Waals surface area contributed by atoms with Gasteiger partial charge >= 0.3 is 253 Å². The molecule has 0 spiro atoms. The molecule has 0 saturated heterocycles. The van der Waals surface area contributed by atoms with Crippen molar-refractivity contribution in [3.05, 3.63) is 0 Å². The van der Waals surface area contributed by atoms with E-state index in [1.165, 1.54) is 0 Å². The van der Waals surface area contributed by atoms with E-state index >= 15 is 0 Å². The third-order valence-electron chi connectivity index (χ3n) is 5.12. The van der Waals surface area contributed by atoms with Gasteiger partial charge in [0, 0.05) is 0 Å². The number of hydrogen-bond donors (Lipinski definition) is 3. The summed E-state index contributed by atoms with van der Waals surface area (Å²) in [5, 5.41) is 1.24. The summed E-state index contributed by atoms with van der Waals surface area (Å²) in [6.45, 7) is 8.37. The Labute approximate surface area is 250 Å². The van der Waals surface area contributed by atoms with Gasteiger partial charge in [0.15, 0.2) is 0 Å². The molecule has 3 unspecified atom stereocenters. The van der Waals surface area contributed by atoms with Crippen LogP contribution >= 0.6 is 37.9 Å². The van der Waals surface area contributed by atoms with Crippen molar-refractivity contribution in [1.82, 2.24) is 0 Å². The first-order valence-corrected chi connectivity index (χ1v) is 23.3. The van der Waals surface area contributed by atoms with E-state index in [1.54, 1.807) is 0 Å². The minimum absolute atomic E-state index is 0.179. The predicted octanol–water partition coefficient (Wildman–Crippen LogP) is 6.01. The van der Waals surface area contributed by atoms with Crippen molar-refractivity contribution in [2.24, 2.45) is 5.41 Å². The molecule has 0 heterocycles. The van der Waals surface area contributed by atoms with Crippen molar-refractivity contribution in [3.63, 3.8) is 0 Å². The first-order chi connectivity index (χ1) is 15.5. The summed E-state index contributed by atoms with van der Waals surface area (Å²) in [6.07, 6.45) is 3.69. The fourth-order valence-electron chi connectivity index (χ4n) is 3.40. The zero-order valence-corrected chi connectivity index (χ0v) is 30.4. The number of hydrogen-bond acceptors (Lipinski definition) is 6. The molecular formula is C24H44O3S3Te3. The van der Waals surface area contributed by atoms with Gasteiger partial charge in [0.05, 0.1) is 0 Å². The first kappa shape index (κ1) is 35.4. The van der Waals surface area contributed by atoms with Crippen LogP contribution in [0.4, 0.5) is 0 Å². The molecule has 0 aromatic rings. The van der Waals surface area contributed by atoms with Gasteiger partial charge in [0.25, 0.3) is 0 Å². The fraction of sp³-hybridized carbons (Fsp3) is 0.875. The van der Waals surface area contributed by atoms with Gasteiger partial charge in [0.2, 0.25) is 0 Å². The standard InChI is InChI=1S/C24H44O3S3Te3/c1-5-24(12-21(25)6-9-31-15-18(2)28,13-22(26)7-10-32-16-19(3)29)14-23(27)8-11-33-17-20(4)30/h18-20,28-30H,5-17H2,1-4H3. The summed E-state index contributed by atoms with van der Waals surface area (Å²) in [5.74, 6) is 0.721. The maximum atomic E-state index is 12.9. The monoisotopic (exact) mass is 866 g/mol. The molecule has 0 N–H and O–H groups in total. The Bertz CT molecular complexity index is 498. The summed E-state index contributed by atoms with van der Waals surface area (Å²) >= 11 is 12.8. The van der Waals surface area contributed by atoms with Gasteiger partial charge in [-0.3, -0.25) is 0 Å². The van der Waals surface area contributed by atoms with Crippen molar-refractivity contribution in [2.45, 2.75) is 115 Å². The second kappa shape index (κ2) is 21.4. The van der Waals surface area contributed by atoms with E-state index in [0.29, 0.717) is 54.3 Å². The van der Waals surface area contributed by atoms with Crippen LogP contribution < -0.4 is 0 Å². The molecule has 0 saturated carbocycles. The Hall–Kier alpha value is 2.43. The van der Waals surface area contributed by atoms with Gasteiger partial charge in [-0.05, 0) is 0 Å². The Balaban J connectivity index is 4.98. The van der Waals surface area contributed by atoms with E-state index in [-0.39, 0.29) is 80.1 Å². The van der Waals surface area contributed by atoms with E-state index in [1.807, 2.05) is 0 Å². The number of rotatable bonds is 22. The number of Topliss-reactive ketones (excluding diaryl/α,β-unsaturated/α-hetero) is 3. The van der Waals surface area contributed by atoms with Crippen LogP contribution in [0.1, 0.15) is 72.6 Å². The zero-order valence-electron chi connectivity index (χ0n) is 20.7. The third-order valence-corrected chi connectivity index (χ3v) is 18.5. The van der Waals surface area contributed by atoms with Crippen LogP contribution in [0.3, 0.4) is 0 Å². The van der Waals surface area contributed by atoms with Crippen LogP contribution in [-0.2, 0) is 14.4 Å². The van der Waals surface area contributed by atoms with Gasteiger partial charge in [-0.25, -0.2) is 0 Å². The molecule has 0 radical (unpaired) electrons. The van der Waals surface area contributed by atoms with Crippen LogP contribution in [0, 0.1) is 5.41 Å². The molecule has 9 heteroatoms. The molecule has 3 atom stereocenters. The molecule has 0 aromatic heterocycles. The van der Waals surface area contributed by atoms with Crippen LogP contribution in [-0.4, -0.2) is 95.9 Å². The van der Waals surface area contributed by atoms with E-state index in [0.717, 1.165) is 33.2 Å². The van der Waals surface area contributed by atoms with Crippen LogP contribution in [0.5, 0.6) is 0 Å². The van der Waals surface area contributed by atoms with Gasteiger partial charge in [-0.15, -0.1) is 0 Å². The molecule has 0 aliphatic rings. The SMILES string of the molecule is CCC(CC(=O)CC[Te]CC(C)S)(CC(=O)CC[Te]CC(C)S)CC(=O)CC[Te]CC(C)S. The number of ketones is 3. The van der Waals surface area contributed by atoms with Gasteiger partial charge < -0.3 is 0 Å². The Morgan fingerprint density at radius 3 is 1.12 bits per heavy atom. The zero-order chi connectivity index (χ0) is 25.3. The van der Waals surface area contributed by atoms with Crippen molar-refractivity contribution in [2.75, 3.05) is 0 Å². The average molecular weight is 860 g/mol. The molecule has 3 nitrogen and oxygen atoms in total. The minimum atomic E-state index is -0.475. The molecule has 0 aliphatic carbocycles. The molecule has 0 rings (SSSR count). The van der Waals surface area contributed by atoms with Crippen LogP contribution in [0.15, 0.2) is 0 Å². The summed E-state index contributed by atoms with van der Waals surface area (Å²) in [5.41, 5.74) is -0.475. The third kappa shape index (κ3) is 21.1. The van der Waals surface area contributed by atoms with Crippen LogP contribution in [0.25, 0.3) is 0 Å².